The number of halogens is 1. The third-order valence-corrected chi connectivity index (χ3v) is 3.48. The maximum Gasteiger partial charge on any atom is 2.00 e. The van der Waals surface area contributed by atoms with Gasteiger partial charge in [-0.15, -0.1) is 0 Å². The summed E-state index contributed by atoms with van der Waals surface area (Å²) < 4.78 is 0. The zero-order valence-electron chi connectivity index (χ0n) is 14.3. The second-order valence-electron chi connectivity index (χ2n) is 5.36. The van der Waals surface area contributed by atoms with Gasteiger partial charge >= 0.3 is 21.1 Å². The van der Waals surface area contributed by atoms with Gasteiger partial charge in [0.05, 0.1) is 0 Å². The van der Waals surface area contributed by atoms with Crippen LogP contribution >= 0.6 is 0 Å². The molecule has 0 rings (SSSR count). The van der Waals surface area contributed by atoms with E-state index in [-0.39, 0.29) is 52.2 Å². The van der Waals surface area contributed by atoms with E-state index in [4.69, 9.17) is 0 Å². The van der Waals surface area contributed by atoms with E-state index < -0.39 is 5.97 Å². The quantitative estimate of drug-likeness (QED) is 0.339. The van der Waals surface area contributed by atoms with Gasteiger partial charge in [0.2, 0.25) is 0 Å². The smallest absolute Gasteiger partial charge is 1.00 e. The minimum Gasteiger partial charge on any atom is -1.00 e. The Kier molecular flexibility index (Phi) is 45.2. The SMILES string of the molecule is CCCCCCCCCCCCCCCC(=O)[O-].N.N.[Cl-].[Pt+2]. The van der Waals surface area contributed by atoms with Crippen LogP contribution < -0.4 is 29.8 Å². The first kappa shape index (κ1) is 33.9. The van der Waals surface area contributed by atoms with E-state index in [9.17, 15) is 9.90 Å². The summed E-state index contributed by atoms with van der Waals surface area (Å²) in [6.07, 6.45) is 16.9. The normalized spacial score (nSPS) is 8.77. The summed E-state index contributed by atoms with van der Waals surface area (Å²) in [5.74, 6) is -0.905. The van der Waals surface area contributed by atoms with Crippen molar-refractivity contribution in [2.24, 2.45) is 0 Å². The number of carbonyl (C=O) groups is 1. The van der Waals surface area contributed by atoms with Gasteiger partial charge in [0.1, 0.15) is 0 Å². The summed E-state index contributed by atoms with van der Waals surface area (Å²) in [5, 5.41) is 10.2. The van der Waals surface area contributed by atoms with Crippen molar-refractivity contribution in [1.82, 2.24) is 12.3 Å². The Labute approximate surface area is 158 Å². The van der Waals surface area contributed by atoms with Crippen molar-refractivity contribution in [2.45, 2.75) is 96.8 Å². The fourth-order valence-corrected chi connectivity index (χ4v) is 2.29. The van der Waals surface area contributed by atoms with Crippen LogP contribution in [-0.2, 0) is 25.9 Å². The van der Waals surface area contributed by atoms with Crippen LogP contribution in [0.25, 0.3) is 0 Å². The van der Waals surface area contributed by atoms with Crippen molar-refractivity contribution in [2.75, 3.05) is 0 Å². The molecule has 0 fully saturated rings. The second-order valence-corrected chi connectivity index (χ2v) is 5.36. The number of rotatable bonds is 14. The Balaban J connectivity index is -0.000000241. The van der Waals surface area contributed by atoms with Gasteiger partial charge in [-0.1, -0.05) is 84.0 Å². The summed E-state index contributed by atoms with van der Waals surface area (Å²) in [4.78, 5) is 10.2. The number of carboxylic acids is 1. The Morgan fingerprint density at radius 3 is 1.23 bits per heavy atom. The van der Waals surface area contributed by atoms with E-state index in [0.29, 0.717) is 0 Å². The summed E-state index contributed by atoms with van der Waals surface area (Å²) in [6, 6.07) is 0. The molecule has 0 atom stereocenters. The monoisotopic (exact) mass is 519 g/mol. The molecule has 22 heavy (non-hydrogen) atoms. The summed E-state index contributed by atoms with van der Waals surface area (Å²) >= 11 is 0. The van der Waals surface area contributed by atoms with Gasteiger partial charge in [0, 0.05) is 5.97 Å². The van der Waals surface area contributed by atoms with Crippen LogP contribution in [0.4, 0.5) is 0 Å². The summed E-state index contributed by atoms with van der Waals surface area (Å²) in [5.41, 5.74) is 0. The number of hydrogen-bond acceptors (Lipinski definition) is 4. The minimum absolute atomic E-state index is 0. The van der Waals surface area contributed by atoms with Gasteiger partial charge in [0.15, 0.2) is 0 Å². The molecule has 0 aromatic heterocycles. The van der Waals surface area contributed by atoms with Gasteiger partial charge in [-0.3, -0.25) is 0 Å². The molecular formula is C16H37ClN2O2Pt. The molecule has 0 spiro atoms. The minimum atomic E-state index is -0.905. The van der Waals surface area contributed by atoms with Crippen LogP contribution in [0.2, 0.25) is 0 Å². The molecule has 6 heteroatoms. The van der Waals surface area contributed by atoms with E-state index in [1.807, 2.05) is 0 Å². The molecule has 0 radical (unpaired) electrons. The average Bonchev–Trinajstić information content (AvgIpc) is 2.34. The van der Waals surface area contributed by atoms with E-state index >= 15 is 0 Å². The van der Waals surface area contributed by atoms with Crippen molar-refractivity contribution in [3.8, 4) is 0 Å². The molecular weight excluding hydrogens is 483 g/mol. The number of hydrogen-bond donors (Lipinski definition) is 2. The zero-order chi connectivity index (χ0) is 13.5. The first-order valence-corrected chi connectivity index (χ1v) is 7.97. The van der Waals surface area contributed by atoms with Crippen LogP contribution in [-0.4, -0.2) is 5.97 Å². The third-order valence-electron chi connectivity index (χ3n) is 3.48. The molecule has 0 aromatic carbocycles. The van der Waals surface area contributed by atoms with E-state index in [1.54, 1.807) is 0 Å². The van der Waals surface area contributed by atoms with Crippen LogP contribution in [0.3, 0.4) is 0 Å². The molecule has 0 saturated heterocycles. The number of carbonyl (C=O) groups excluding carboxylic acids is 1. The van der Waals surface area contributed by atoms with Gasteiger partial charge in [-0.2, -0.15) is 0 Å². The second kappa shape index (κ2) is 29.4. The van der Waals surface area contributed by atoms with Crippen molar-refractivity contribution in [3.63, 3.8) is 0 Å². The van der Waals surface area contributed by atoms with Crippen molar-refractivity contribution in [1.29, 1.82) is 0 Å². The molecule has 6 N–H and O–H groups in total. The van der Waals surface area contributed by atoms with Crippen LogP contribution in [0, 0.1) is 0 Å². The standard InChI is InChI=1S/C16H32O2.ClH.2H3N.Pt/c1-2-3-4-5-6-7-8-9-10-11-12-13-14-15-16(17)18;;;;/h2-15H2,1H3,(H,17,18);1H;2*1H3;/q;;;;+2/p-2. The Morgan fingerprint density at radius 2 is 0.955 bits per heavy atom. The molecule has 0 bridgehead atoms. The Morgan fingerprint density at radius 1 is 0.682 bits per heavy atom. The molecule has 0 amide bonds. The van der Waals surface area contributed by atoms with Crippen molar-refractivity contribution in [3.05, 3.63) is 0 Å². The summed E-state index contributed by atoms with van der Waals surface area (Å²) in [6.45, 7) is 2.26. The van der Waals surface area contributed by atoms with Gasteiger partial charge < -0.3 is 34.6 Å². The molecule has 0 aliphatic carbocycles. The van der Waals surface area contributed by atoms with Crippen molar-refractivity contribution >= 4 is 5.97 Å². The first-order valence-electron chi connectivity index (χ1n) is 7.97. The largest absolute Gasteiger partial charge is 2.00 e. The first-order chi connectivity index (χ1) is 8.77. The molecule has 0 aliphatic rings. The molecule has 4 nitrogen and oxygen atoms in total. The number of unbranched alkanes of at least 4 members (excludes halogenated alkanes) is 12. The zero-order valence-corrected chi connectivity index (χ0v) is 17.4. The Bertz CT molecular complexity index is 199. The summed E-state index contributed by atoms with van der Waals surface area (Å²) in [7, 11) is 0. The van der Waals surface area contributed by atoms with E-state index in [1.165, 1.54) is 70.6 Å². The molecule has 0 aromatic rings. The van der Waals surface area contributed by atoms with Crippen LogP contribution in [0.1, 0.15) is 96.8 Å². The average molecular weight is 520 g/mol. The van der Waals surface area contributed by atoms with Crippen LogP contribution in [0.5, 0.6) is 0 Å². The van der Waals surface area contributed by atoms with Crippen LogP contribution in [0.15, 0.2) is 0 Å². The fraction of sp³-hybridized carbons (Fsp3) is 0.938. The molecule has 0 aliphatic heterocycles. The maximum absolute atomic E-state index is 10.2. The predicted octanol–water partition coefficient (Wildman–Crippen LogP) is 1.54. The van der Waals surface area contributed by atoms with E-state index in [2.05, 4.69) is 6.92 Å². The van der Waals surface area contributed by atoms with Gasteiger partial charge in [-0.05, 0) is 12.8 Å². The predicted molar refractivity (Wildman–Crippen MR) is 85.4 cm³/mol. The van der Waals surface area contributed by atoms with Gasteiger partial charge in [-0.25, -0.2) is 0 Å². The molecule has 0 heterocycles. The number of carboxylic acid groups (broad SMARTS) is 1. The number of aliphatic carboxylic acids is 1. The Hall–Kier alpha value is 0.368. The van der Waals surface area contributed by atoms with E-state index in [0.717, 1.165) is 12.8 Å². The molecule has 140 valence electrons. The topological polar surface area (TPSA) is 110 Å². The molecule has 0 unspecified atom stereocenters. The van der Waals surface area contributed by atoms with Crippen molar-refractivity contribution < 1.29 is 43.4 Å². The molecule has 0 saturated carbocycles. The fourth-order valence-electron chi connectivity index (χ4n) is 2.29. The van der Waals surface area contributed by atoms with Gasteiger partial charge in [0.25, 0.3) is 0 Å². The maximum atomic E-state index is 10.2. The third kappa shape index (κ3) is 32.4.